The fraction of sp³-hybridized carbons (Fsp3) is 0.143. The van der Waals surface area contributed by atoms with Crippen LogP contribution in [-0.2, 0) is 5.88 Å². The summed E-state index contributed by atoms with van der Waals surface area (Å²) in [6.07, 6.45) is 0. The average molecular weight is 240 g/mol. The summed E-state index contributed by atoms with van der Waals surface area (Å²) in [5, 5.41) is 0. The summed E-state index contributed by atoms with van der Waals surface area (Å²) < 4.78 is 1.19. The molecule has 0 aliphatic rings. The van der Waals surface area contributed by atoms with Crippen LogP contribution in [-0.4, -0.2) is 14.0 Å². The Morgan fingerprint density at radius 3 is 2.50 bits per heavy atom. The van der Waals surface area contributed by atoms with E-state index in [2.05, 4.69) is 0 Å². The van der Waals surface area contributed by atoms with Gasteiger partial charge in [-0.15, -0.1) is 0 Å². The van der Waals surface area contributed by atoms with Gasteiger partial charge in [0.25, 0.3) is 0 Å². The molecule has 0 heterocycles. The van der Waals surface area contributed by atoms with Crippen molar-refractivity contribution in [3.63, 3.8) is 0 Å². The first-order valence-corrected chi connectivity index (χ1v) is 6.45. The van der Waals surface area contributed by atoms with Crippen molar-refractivity contribution < 1.29 is 0 Å². The monoisotopic (exact) mass is 240 g/mol. The van der Waals surface area contributed by atoms with Gasteiger partial charge >= 0.3 is 75.9 Å². The van der Waals surface area contributed by atoms with Gasteiger partial charge in [0, 0.05) is 0 Å². The van der Waals surface area contributed by atoms with Crippen LogP contribution in [0.5, 0.6) is 0 Å². The molecule has 1 aromatic carbocycles. The molecule has 0 aliphatic carbocycles. The van der Waals surface area contributed by atoms with Crippen molar-refractivity contribution >= 4 is 40.2 Å². The van der Waals surface area contributed by atoms with Crippen molar-refractivity contribution in [1.29, 1.82) is 0 Å². The summed E-state index contributed by atoms with van der Waals surface area (Å²) in [7, 11) is 5.71. The van der Waals surface area contributed by atoms with Crippen LogP contribution in [0.2, 0.25) is 0 Å². The summed E-state index contributed by atoms with van der Waals surface area (Å²) in [5.41, 5.74) is 1.15. The predicted molar refractivity (Wildman–Crippen MR) is 47.2 cm³/mol. The molecule has 3 heteroatoms. The fourth-order valence-electron chi connectivity index (χ4n) is 0.689. The normalized spacial score (nSPS) is 9.80. The molecule has 0 spiro atoms. The molecule has 0 fully saturated rings. The van der Waals surface area contributed by atoms with Gasteiger partial charge in [-0.3, -0.25) is 0 Å². The maximum atomic E-state index is 5.71. The van der Waals surface area contributed by atoms with E-state index in [1.165, 1.54) is 4.46 Å². The Balaban J connectivity index is 2.96. The number of rotatable bonds is 2. The van der Waals surface area contributed by atoms with Crippen LogP contribution in [0.1, 0.15) is 5.56 Å². The van der Waals surface area contributed by atoms with Gasteiger partial charge in [0.1, 0.15) is 0 Å². The second kappa shape index (κ2) is 4.25. The topological polar surface area (TPSA) is 0 Å². The van der Waals surface area contributed by atoms with Crippen LogP contribution in [0.15, 0.2) is 24.3 Å². The first-order valence-electron chi connectivity index (χ1n) is 2.81. The SMILES string of the molecule is ClCc1ccccc1[Se]Cl. The van der Waals surface area contributed by atoms with Gasteiger partial charge < -0.3 is 0 Å². The zero-order valence-corrected chi connectivity index (χ0v) is 8.41. The molecular weight excluding hydrogens is 234 g/mol. The Morgan fingerprint density at radius 1 is 1.30 bits per heavy atom. The van der Waals surface area contributed by atoms with Crippen LogP contribution in [0, 0.1) is 0 Å². The zero-order valence-electron chi connectivity index (χ0n) is 5.18. The van der Waals surface area contributed by atoms with Gasteiger partial charge in [-0.25, -0.2) is 0 Å². The van der Waals surface area contributed by atoms with Gasteiger partial charge in [0.05, 0.1) is 0 Å². The Hall–Kier alpha value is 0.319. The number of hydrogen-bond acceptors (Lipinski definition) is 0. The third kappa shape index (κ3) is 1.90. The van der Waals surface area contributed by atoms with E-state index < -0.39 is 0 Å². The molecule has 54 valence electrons. The molecule has 0 unspecified atom stereocenters. The van der Waals surface area contributed by atoms with E-state index in [0.717, 1.165) is 5.56 Å². The summed E-state index contributed by atoms with van der Waals surface area (Å²) in [6, 6.07) is 7.98. The summed E-state index contributed by atoms with van der Waals surface area (Å²) in [5.74, 6) is 0.560. The van der Waals surface area contributed by atoms with E-state index in [0.29, 0.717) is 5.88 Å². The van der Waals surface area contributed by atoms with E-state index >= 15 is 0 Å². The third-order valence-electron chi connectivity index (χ3n) is 1.20. The van der Waals surface area contributed by atoms with E-state index in [1.807, 2.05) is 24.3 Å². The first-order chi connectivity index (χ1) is 4.88. The Labute approximate surface area is 75.9 Å². The third-order valence-corrected chi connectivity index (χ3v) is 3.54. The molecule has 0 bridgehead atoms. The van der Waals surface area contributed by atoms with Crippen molar-refractivity contribution in [2.75, 3.05) is 0 Å². The summed E-state index contributed by atoms with van der Waals surface area (Å²) in [6.45, 7) is 0. The molecule has 0 aromatic heterocycles. The van der Waals surface area contributed by atoms with Crippen LogP contribution in [0.3, 0.4) is 0 Å². The average Bonchev–Trinajstić information content (AvgIpc) is 2.04. The van der Waals surface area contributed by atoms with E-state index in [4.69, 9.17) is 21.7 Å². The van der Waals surface area contributed by atoms with Crippen LogP contribution in [0.25, 0.3) is 0 Å². The number of alkyl halides is 1. The molecule has 0 amide bonds. The predicted octanol–water partition coefficient (Wildman–Crippen LogP) is 1.91. The second-order valence-corrected chi connectivity index (χ2v) is 4.13. The standard InChI is InChI=1S/C7H6Cl2Se/c8-5-6-3-1-2-4-7(6)10-9/h1-4H,5H2. The van der Waals surface area contributed by atoms with Gasteiger partial charge in [-0.05, 0) is 0 Å². The molecule has 0 saturated carbocycles. The molecule has 0 N–H and O–H groups in total. The molecule has 0 nitrogen and oxygen atoms in total. The fourth-order valence-corrected chi connectivity index (χ4v) is 2.66. The van der Waals surface area contributed by atoms with Crippen molar-refractivity contribution in [1.82, 2.24) is 0 Å². The molecule has 0 radical (unpaired) electrons. The van der Waals surface area contributed by atoms with Gasteiger partial charge in [-0.1, -0.05) is 0 Å². The molecule has 0 aliphatic heterocycles. The quantitative estimate of drug-likeness (QED) is 0.547. The number of halogens is 2. The molecule has 1 aromatic rings. The summed E-state index contributed by atoms with van der Waals surface area (Å²) >= 11 is 5.71. The Kier molecular flexibility index (Phi) is 3.58. The zero-order chi connectivity index (χ0) is 7.40. The van der Waals surface area contributed by atoms with Crippen molar-refractivity contribution in [2.45, 2.75) is 5.88 Å². The van der Waals surface area contributed by atoms with Crippen molar-refractivity contribution in [2.24, 2.45) is 0 Å². The molecular formula is C7H6Cl2Se. The molecule has 10 heavy (non-hydrogen) atoms. The van der Waals surface area contributed by atoms with Gasteiger partial charge in [0.2, 0.25) is 0 Å². The van der Waals surface area contributed by atoms with E-state index in [1.54, 1.807) is 0 Å². The minimum atomic E-state index is 0.0471. The van der Waals surface area contributed by atoms with E-state index in [9.17, 15) is 0 Å². The molecule has 0 atom stereocenters. The maximum absolute atomic E-state index is 5.71. The van der Waals surface area contributed by atoms with Gasteiger partial charge in [0.15, 0.2) is 0 Å². The Bertz CT molecular complexity index is 190. The van der Waals surface area contributed by atoms with E-state index in [-0.39, 0.29) is 14.0 Å². The molecule has 0 saturated heterocycles. The van der Waals surface area contributed by atoms with Crippen LogP contribution in [0.4, 0.5) is 0 Å². The van der Waals surface area contributed by atoms with Crippen LogP contribution >= 0.6 is 21.7 Å². The van der Waals surface area contributed by atoms with Crippen LogP contribution < -0.4 is 4.46 Å². The molecule has 1 rings (SSSR count). The van der Waals surface area contributed by atoms with Crippen molar-refractivity contribution in [3.05, 3.63) is 29.8 Å². The minimum absolute atomic E-state index is 0.0471. The number of hydrogen-bond donors (Lipinski definition) is 0. The first kappa shape index (κ1) is 8.42. The van der Waals surface area contributed by atoms with Crippen molar-refractivity contribution in [3.8, 4) is 0 Å². The second-order valence-electron chi connectivity index (χ2n) is 1.82. The summed E-state index contributed by atoms with van der Waals surface area (Å²) in [4.78, 5) is 0. The van der Waals surface area contributed by atoms with Gasteiger partial charge in [-0.2, -0.15) is 0 Å². The Morgan fingerprint density at radius 2 is 2.00 bits per heavy atom. The number of benzene rings is 1.